The zero-order valence-corrected chi connectivity index (χ0v) is 14.4. The van der Waals surface area contributed by atoms with Gasteiger partial charge in [-0.3, -0.25) is 9.69 Å². The van der Waals surface area contributed by atoms with Crippen LogP contribution in [0.5, 0.6) is 5.75 Å². The predicted molar refractivity (Wildman–Crippen MR) is 90.2 cm³/mol. The molecule has 0 N–H and O–H groups in total. The summed E-state index contributed by atoms with van der Waals surface area (Å²) in [5, 5.41) is 3.84. The standard InChI is InChI=1S/C18H22N4O3/c1-13-19-18(25-20-13)15-6-7-22(11-15)17(23)12-21-8-9-24-16-5-3-2-4-14(16)10-21/h2-5,15H,6-12H2,1H3. The number of para-hydroxylation sites is 1. The molecule has 1 atom stereocenters. The van der Waals surface area contributed by atoms with Crippen LogP contribution in [0.3, 0.4) is 0 Å². The monoisotopic (exact) mass is 342 g/mol. The van der Waals surface area contributed by atoms with Crippen molar-refractivity contribution < 1.29 is 14.1 Å². The van der Waals surface area contributed by atoms with Crippen molar-refractivity contribution in [2.75, 3.05) is 32.8 Å². The van der Waals surface area contributed by atoms with Crippen LogP contribution in [0.2, 0.25) is 0 Å². The van der Waals surface area contributed by atoms with Crippen molar-refractivity contribution in [2.24, 2.45) is 0 Å². The summed E-state index contributed by atoms with van der Waals surface area (Å²) < 4.78 is 11.0. The fraction of sp³-hybridized carbons (Fsp3) is 0.500. The van der Waals surface area contributed by atoms with Crippen molar-refractivity contribution in [3.63, 3.8) is 0 Å². The van der Waals surface area contributed by atoms with Gasteiger partial charge in [0.1, 0.15) is 12.4 Å². The van der Waals surface area contributed by atoms with E-state index in [2.05, 4.69) is 21.1 Å². The Morgan fingerprint density at radius 1 is 1.32 bits per heavy atom. The summed E-state index contributed by atoms with van der Waals surface area (Å²) in [6, 6.07) is 8.02. The van der Waals surface area contributed by atoms with Crippen LogP contribution in [0.4, 0.5) is 0 Å². The normalized spacial score (nSPS) is 20.8. The third kappa shape index (κ3) is 3.51. The number of hydrogen-bond acceptors (Lipinski definition) is 6. The number of benzene rings is 1. The predicted octanol–water partition coefficient (Wildman–Crippen LogP) is 1.59. The van der Waals surface area contributed by atoms with Crippen LogP contribution in [-0.4, -0.2) is 58.6 Å². The molecule has 0 spiro atoms. The highest BCUT2D eigenvalue weighted by Gasteiger charge is 2.31. The van der Waals surface area contributed by atoms with Crippen LogP contribution >= 0.6 is 0 Å². The summed E-state index contributed by atoms with van der Waals surface area (Å²) in [4.78, 5) is 21.0. The smallest absolute Gasteiger partial charge is 0.236 e. The summed E-state index contributed by atoms with van der Waals surface area (Å²) in [6.45, 7) is 5.71. The molecule has 1 saturated heterocycles. The van der Waals surface area contributed by atoms with Crippen molar-refractivity contribution in [1.29, 1.82) is 0 Å². The SMILES string of the molecule is Cc1noc(C2CCN(C(=O)CN3CCOc4ccccc4C3)C2)n1. The fourth-order valence-corrected chi connectivity index (χ4v) is 3.47. The summed E-state index contributed by atoms with van der Waals surface area (Å²) in [5.41, 5.74) is 1.13. The molecule has 7 heteroatoms. The number of aromatic nitrogens is 2. The molecule has 25 heavy (non-hydrogen) atoms. The second kappa shape index (κ2) is 6.84. The van der Waals surface area contributed by atoms with E-state index in [1.807, 2.05) is 30.0 Å². The van der Waals surface area contributed by atoms with Crippen molar-refractivity contribution >= 4 is 5.91 Å². The Hall–Kier alpha value is -2.41. The number of carbonyl (C=O) groups excluding carboxylic acids is 1. The van der Waals surface area contributed by atoms with Crippen LogP contribution in [-0.2, 0) is 11.3 Å². The van der Waals surface area contributed by atoms with E-state index >= 15 is 0 Å². The highest BCUT2D eigenvalue weighted by Crippen LogP contribution is 2.26. The Morgan fingerprint density at radius 2 is 2.20 bits per heavy atom. The molecule has 1 aromatic heterocycles. The third-order valence-electron chi connectivity index (χ3n) is 4.82. The zero-order chi connectivity index (χ0) is 17.2. The largest absolute Gasteiger partial charge is 0.492 e. The lowest BCUT2D eigenvalue weighted by Gasteiger charge is -2.23. The lowest BCUT2D eigenvalue weighted by atomic mass is 10.1. The number of nitrogens with zero attached hydrogens (tertiary/aromatic N) is 4. The zero-order valence-electron chi connectivity index (χ0n) is 14.4. The van der Waals surface area contributed by atoms with E-state index in [4.69, 9.17) is 9.26 Å². The van der Waals surface area contributed by atoms with Gasteiger partial charge in [-0.1, -0.05) is 23.4 Å². The van der Waals surface area contributed by atoms with E-state index in [1.54, 1.807) is 0 Å². The first kappa shape index (κ1) is 16.1. The van der Waals surface area contributed by atoms with Crippen LogP contribution in [0.15, 0.2) is 28.8 Å². The number of ether oxygens (including phenoxy) is 1. The van der Waals surface area contributed by atoms with Gasteiger partial charge in [0.25, 0.3) is 0 Å². The fourth-order valence-electron chi connectivity index (χ4n) is 3.47. The Balaban J connectivity index is 1.36. The van der Waals surface area contributed by atoms with E-state index in [-0.39, 0.29) is 11.8 Å². The molecular weight excluding hydrogens is 320 g/mol. The van der Waals surface area contributed by atoms with E-state index in [0.717, 1.165) is 37.4 Å². The number of likely N-dealkylation sites (tertiary alicyclic amines) is 1. The van der Waals surface area contributed by atoms with Gasteiger partial charge in [0.05, 0.1) is 12.5 Å². The van der Waals surface area contributed by atoms with Crippen LogP contribution in [0, 0.1) is 6.92 Å². The Kier molecular flexibility index (Phi) is 4.40. The number of amides is 1. The van der Waals surface area contributed by atoms with Crippen molar-refractivity contribution in [3.05, 3.63) is 41.5 Å². The number of hydrogen-bond donors (Lipinski definition) is 0. The number of rotatable bonds is 3. The maximum atomic E-state index is 12.7. The lowest BCUT2D eigenvalue weighted by molar-refractivity contribution is -0.131. The maximum absolute atomic E-state index is 12.7. The van der Waals surface area contributed by atoms with Gasteiger partial charge < -0.3 is 14.2 Å². The quantitative estimate of drug-likeness (QED) is 0.843. The highest BCUT2D eigenvalue weighted by atomic mass is 16.5. The Morgan fingerprint density at radius 3 is 3.04 bits per heavy atom. The first-order valence-electron chi connectivity index (χ1n) is 8.70. The molecular formula is C18H22N4O3. The van der Waals surface area contributed by atoms with Gasteiger partial charge >= 0.3 is 0 Å². The van der Waals surface area contributed by atoms with Gasteiger partial charge in [-0.25, -0.2) is 0 Å². The van der Waals surface area contributed by atoms with E-state index in [9.17, 15) is 4.79 Å². The number of aryl methyl sites for hydroxylation is 1. The minimum Gasteiger partial charge on any atom is -0.492 e. The molecule has 0 aliphatic carbocycles. The van der Waals surface area contributed by atoms with Gasteiger partial charge in [0.15, 0.2) is 5.82 Å². The van der Waals surface area contributed by atoms with Crippen LogP contribution in [0.1, 0.15) is 29.6 Å². The molecule has 1 amide bonds. The van der Waals surface area contributed by atoms with Crippen molar-refractivity contribution in [2.45, 2.75) is 25.8 Å². The maximum Gasteiger partial charge on any atom is 0.236 e. The summed E-state index contributed by atoms with van der Waals surface area (Å²) in [6.07, 6.45) is 0.874. The molecule has 2 aliphatic heterocycles. The van der Waals surface area contributed by atoms with Gasteiger partial charge in [-0.2, -0.15) is 4.98 Å². The van der Waals surface area contributed by atoms with E-state index < -0.39 is 0 Å². The number of fused-ring (bicyclic) bond motifs is 1. The first-order chi connectivity index (χ1) is 12.2. The average molecular weight is 342 g/mol. The molecule has 0 radical (unpaired) electrons. The molecule has 1 fully saturated rings. The molecule has 4 rings (SSSR count). The summed E-state index contributed by atoms with van der Waals surface area (Å²) in [5.74, 6) is 2.51. The first-order valence-corrected chi connectivity index (χ1v) is 8.70. The molecule has 2 aromatic rings. The highest BCUT2D eigenvalue weighted by molar-refractivity contribution is 5.78. The third-order valence-corrected chi connectivity index (χ3v) is 4.82. The van der Waals surface area contributed by atoms with Gasteiger partial charge in [-0.05, 0) is 19.4 Å². The van der Waals surface area contributed by atoms with Crippen LogP contribution < -0.4 is 4.74 Å². The summed E-state index contributed by atoms with van der Waals surface area (Å²) >= 11 is 0. The summed E-state index contributed by atoms with van der Waals surface area (Å²) in [7, 11) is 0. The molecule has 0 bridgehead atoms. The minimum atomic E-state index is 0.151. The molecule has 0 saturated carbocycles. The second-order valence-corrected chi connectivity index (χ2v) is 6.67. The molecule has 3 heterocycles. The van der Waals surface area contributed by atoms with Crippen molar-refractivity contribution in [1.82, 2.24) is 19.9 Å². The van der Waals surface area contributed by atoms with E-state index in [1.165, 1.54) is 0 Å². The average Bonchev–Trinajstić information content (AvgIpc) is 3.20. The van der Waals surface area contributed by atoms with Crippen LogP contribution in [0.25, 0.3) is 0 Å². The van der Waals surface area contributed by atoms with Crippen molar-refractivity contribution in [3.8, 4) is 5.75 Å². The Labute approximate surface area is 146 Å². The topological polar surface area (TPSA) is 71.7 Å². The van der Waals surface area contributed by atoms with Gasteiger partial charge in [0.2, 0.25) is 11.8 Å². The van der Waals surface area contributed by atoms with Gasteiger partial charge in [-0.15, -0.1) is 0 Å². The van der Waals surface area contributed by atoms with Gasteiger partial charge in [0, 0.05) is 31.7 Å². The minimum absolute atomic E-state index is 0.151. The molecule has 2 aliphatic rings. The molecule has 1 aromatic carbocycles. The molecule has 132 valence electrons. The lowest BCUT2D eigenvalue weighted by Crippen LogP contribution is -2.39. The number of carbonyl (C=O) groups is 1. The molecule has 1 unspecified atom stereocenters. The Bertz CT molecular complexity index is 760. The molecule has 7 nitrogen and oxygen atoms in total. The van der Waals surface area contributed by atoms with E-state index in [0.29, 0.717) is 31.4 Å². The second-order valence-electron chi connectivity index (χ2n) is 6.67.